The van der Waals surface area contributed by atoms with E-state index < -0.39 is 5.79 Å². The van der Waals surface area contributed by atoms with E-state index in [1.807, 2.05) is 13.8 Å². The molecule has 1 saturated heterocycles. The Kier molecular flexibility index (Phi) is 3.75. The first kappa shape index (κ1) is 13.5. The van der Waals surface area contributed by atoms with E-state index in [4.69, 9.17) is 25.8 Å². The summed E-state index contributed by atoms with van der Waals surface area (Å²) in [6, 6.07) is 0. The van der Waals surface area contributed by atoms with E-state index in [0.29, 0.717) is 25.6 Å². The van der Waals surface area contributed by atoms with Crippen LogP contribution in [-0.4, -0.2) is 35.6 Å². The average molecular weight is 273 g/mol. The Bertz CT molecular complexity index is 398. The summed E-state index contributed by atoms with van der Waals surface area (Å²) in [5.41, 5.74) is -0.171. The van der Waals surface area contributed by atoms with Gasteiger partial charge in [0.2, 0.25) is 5.28 Å². The van der Waals surface area contributed by atoms with Crippen molar-refractivity contribution in [3.63, 3.8) is 0 Å². The molecule has 0 atom stereocenters. The fourth-order valence-electron chi connectivity index (χ4n) is 1.50. The first-order valence-electron chi connectivity index (χ1n) is 5.77. The molecule has 1 aliphatic rings. The monoisotopic (exact) mass is 272 g/mol. The van der Waals surface area contributed by atoms with E-state index >= 15 is 0 Å². The molecule has 1 aromatic heterocycles. The van der Waals surface area contributed by atoms with E-state index in [-0.39, 0.29) is 10.7 Å². The first-order chi connectivity index (χ1) is 8.39. The minimum Gasteiger partial charge on any atom is -0.490 e. The van der Waals surface area contributed by atoms with Gasteiger partial charge in [0, 0.05) is 5.41 Å². The molecule has 6 heteroatoms. The number of hydrogen-bond donors (Lipinski definition) is 0. The van der Waals surface area contributed by atoms with Crippen molar-refractivity contribution in [2.75, 3.05) is 19.8 Å². The van der Waals surface area contributed by atoms with Crippen molar-refractivity contribution in [1.82, 2.24) is 9.97 Å². The second-order valence-electron chi connectivity index (χ2n) is 5.26. The van der Waals surface area contributed by atoms with Crippen molar-refractivity contribution in [1.29, 1.82) is 0 Å². The molecule has 0 radical (unpaired) electrons. The van der Waals surface area contributed by atoms with Crippen LogP contribution in [0.15, 0.2) is 12.4 Å². The lowest BCUT2D eigenvalue weighted by Gasteiger charge is -2.40. The average Bonchev–Trinajstić information content (AvgIpc) is 2.33. The molecule has 1 fully saturated rings. The lowest BCUT2D eigenvalue weighted by Crippen LogP contribution is -2.47. The maximum Gasteiger partial charge on any atom is 0.222 e. The molecule has 0 aliphatic carbocycles. The topological polar surface area (TPSA) is 53.5 Å². The highest BCUT2D eigenvalue weighted by Crippen LogP contribution is 2.29. The SMILES string of the molecule is CC1(COc2cnc(Cl)nc2)COC(C)(C)OC1. The van der Waals surface area contributed by atoms with Crippen molar-refractivity contribution >= 4 is 11.6 Å². The van der Waals surface area contributed by atoms with Gasteiger partial charge in [-0.2, -0.15) is 0 Å². The Morgan fingerprint density at radius 2 is 1.78 bits per heavy atom. The normalized spacial score (nSPS) is 21.6. The van der Waals surface area contributed by atoms with Gasteiger partial charge in [-0.1, -0.05) is 6.92 Å². The summed E-state index contributed by atoms with van der Waals surface area (Å²) >= 11 is 5.60. The van der Waals surface area contributed by atoms with Crippen LogP contribution in [-0.2, 0) is 9.47 Å². The molecular formula is C12H17ClN2O3. The standard InChI is InChI=1S/C12H17ClN2O3/c1-11(2)17-7-12(3,8-18-11)6-16-9-4-14-10(13)15-5-9/h4-5H,6-8H2,1-3H3. The van der Waals surface area contributed by atoms with Crippen LogP contribution in [0.1, 0.15) is 20.8 Å². The van der Waals surface area contributed by atoms with E-state index in [1.165, 1.54) is 0 Å². The fourth-order valence-corrected chi connectivity index (χ4v) is 1.59. The summed E-state index contributed by atoms with van der Waals surface area (Å²) in [6.45, 7) is 7.52. The van der Waals surface area contributed by atoms with Gasteiger partial charge in [-0.15, -0.1) is 0 Å². The summed E-state index contributed by atoms with van der Waals surface area (Å²) in [5.74, 6) is 0.0774. The lowest BCUT2D eigenvalue weighted by atomic mass is 9.93. The van der Waals surface area contributed by atoms with Crippen LogP contribution in [0.5, 0.6) is 5.75 Å². The van der Waals surface area contributed by atoms with Gasteiger partial charge in [0.1, 0.15) is 0 Å². The zero-order valence-corrected chi connectivity index (χ0v) is 11.5. The van der Waals surface area contributed by atoms with Gasteiger partial charge in [-0.05, 0) is 25.4 Å². The van der Waals surface area contributed by atoms with Gasteiger partial charge in [0.05, 0.1) is 32.2 Å². The van der Waals surface area contributed by atoms with Crippen LogP contribution in [0, 0.1) is 5.41 Å². The first-order valence-corrected chi connectivity index (χ1v) is 6.15. The van der Waals surface area contributed by atoms with Crippen molar-refractivity contribution < 1.29 is 14.2 Å². The Morgan fingerprint density at radius 1 is 1.22 bits per heavy atom. The Hall–Kier alpha value is -0.910. The van der Waals surface area contributed by atoms with Crippen LogP contribution < -0.4 is 4.74 Å². The number of aromatic nitrogens is 2. The van der Waals surface area contributed by atoms with Gasteiger partial charge < -0.3 is 14.2 Å². The second kappa shape index (κ2) is 4.99. The zero-order valence-electron chi connectivity index (χ0n) is 10.8. The highest BCUT2D eigenvalue weighted by atomic mass is 35.5. The van der Waals surface area contributed by atoms with E-state index in [2.05, 4.69) is 16.9 Å². The molecule has 2 heterocycles. The fraction of sp³-hybridized carbons (Fsp3) is 0.667. The highest BCUT2D eigenvalue weighted by molar-refractivity contribution is 6.28. The van der Waals surface area contributed by atoms with E-state index in [0.717, 1.165) is 0 Å². The lowest BCUT2D eigenvalue weighted by molar-refractivity contribution is -0.285. The molecule has 2 rings (SSSR count). The third kappa shape index (κ3) is 3.54. The van der Waals surface area contributed by atoms with Gasteiger partial charge in [-0.25, -0.2) is 9.97 Å². The molecule has 0 amide bonds. The predicted molar refractivity (Wildman–Crippen MR) is 66.6 cm³/mol. The van der Waals surface area contributed by atoms with E-state index in [1.54, 1.807) is 12.4 Å². The molecule has 18 heavy (non-hydrogen) atoms. The molecule has 5 nitrogen and oxygen atoms in total. The molecule has 100 valence electrons. The maximum absolute atomic E-state index is 5.63. The highest BCUT2D eigenvalue weighted by Gasteiger charge is 2.37. The number of hydrogen-bond acceptors (Lipinski definition) is 5. The zero-order chi connectivity index (χ0) is 13.2. The van der Waals surface area contributed by atoms with Crippen LogP contribution in [0.25, 0.3) is 0 Å². The number of halogens is 1. The Balaban J connectivity index is 1.88. The quantitative estimate of drug-likeness (QED) is 0.790. The molecule has 0 bridgehead atoms. The predicted octanol–water partition coefficient (Wildman–Crippen LogP) is 2.30. The summed E-state index contributed by atoms with van der Waals surface area (Å²) in [5, 5.41) is 0.208. The second-order valence-corrected chi connectivity index (χ2v) is 5.60. The van der Waals surface area contributed by atoms with Crippen molar-refractivity contribution in [2.45, 2.75) is 26.6 Å². The molecule has 0 N–H and O–H groups in total. The summed E-state index contributed by atoms with van der Waals surface area (Å²) < 4.78 is 16.9. The summed E-state index contributed by atoms with van der Waals surface area (Å²) in [7, 11) is 0. The van der Waals surface area contributed by atoms with Gasteiger partial charge in [0.15, 0.2) is 11.5 Å². The Labute approximate surface area is 111 Å². The van der Waals surface area contributed by atoms with Crippen LogP contribution in [0.2, 0.25) is 5.28 Å². The van der Waals surface area contributed by atoms with Crippen molar-refractivity contribution in [2.24, 2.45) is 5.41 Å². The largest absolute Gasteiger partial charge is 0.490 e. The molecule has 1 aromatic rings. The molecule has 1 aliphatic heterocycles. The minimum absolute atomic E-state index is 0.171. The molecule has 0 spiro atoms. The maximum atomic E-state index is 5.63. The van der Waals surface area contributed by atoms with Crippen LogP contribution in [0.3, 0.4) is 0 Å². The van der Waals surface area contributed by atoms with Gasteiger partial charge in [-0.3, -0.25) is 0 Å². The number of nitrogens with zero attached hydrogens (tertiary/aromatic N) is 2. The van der Waals surface area contributed by atoms with Crippen molar-refractivity contribution in [3.05, 3.63) is 17.7 Å². The molecule has 0 saturated carbocycles. The molecule has 0 aromatic carbocycles. The number of rotatable bonds is 3. The molecule has 0 unspecified atom stereocenters. The van der Waals surface area contributed by atoms with Gasteiger partial charge in [0.25, 0.3) is 0 Å². The van der Waals surface area contributed by atoms with Crippen molar-refractivity contribution in [3.8, 4) is 5.75 Å². The Morgan fingerprint density at radius 3 is 2.33 bits per heavy atom. The van der Waals surface area contributed by atoms with E-state index in [9.17, 15) is 0 Å². The smallest absolute Gasteiger partial charge is 0.222 e. The van der Waals surface area contributed by atoms with Crippen LogP contribution >= 0.6 is 11.6 Å². The summed E-state index contributed by atoms with van der Waals surface area (Å²) in [4.78, 5) is 7.71. The minimum atomic E-state index is -0.511. The third-order valence-corrected chi connectivity index (χ3v) is 2.92. The summed E-state index contributed by atoms with van der Waals surface area (Å²) in [6.07, 6.45) is 3.10. The van der Waals surface area contributed by atoms with Gasteiger partial charge >= 0.3 is 0 Å². The third-order valence-electron chi connectivity index (χ3n) is 2.72. The molecular weight excluding hydrogens is 256 g/mol. The van der Waals surface area contributed by atoms with Crippen LogP contribution in [0.4, 0.5) is 0 Å². The number of ether oxygens (including phenoxy) is 3.